The molecule has 2 rings (SSSR count). The second-order valence-corrected chi connectivity index (χ2v) is 12.0. The summed E-state index contributed by atoms with van der Waals surface area (Å²) in [5.74, 6) is 1.42. The molecule has 0 heterocycles. The molecule has 0 atom stereocenters. The predicted molar refractivity (Wildman–Crippen MR) is 133 cm³/mol. The molecule has 0 aliphatic rings. The molecule has 0 bridgehead atoms. The van der Waals surface area contributed by atoms with Crippen LogP contribution in [0.1, 0.15) is 41.5 Å². The molecule has 0 amide bonds. The molecule has 0 unspecified atom stereocenters. The largest absolute Gasteiger partial charge is 0.537 e. The summed E-state index contributed by atoms with van der Waals surface area (Å²) in [6.07, 6.45) is 0. The van der Waals surface area contributed by atoms with Crippen molar-refractivity contribution in [2.24, 2.45) is 0 Å². The average Bonchev–Trinajstić information content (AvgIpc) is 2.81. The highest BCUT2D eigenvalue weighted by atomic mass is 28.4. The Bertz CT molecular complexity index is 698. The summed E-state index contributed by atoms with van der Waals surface area (Å²) in [7, 11) is -5.86. The lowest BCUT2D eigenvalue weighted by molar-refractivity contribution is 0.0851. The summed E-state index contributed by atoms with van der Waals surface area (Å²) < 4.78 is 41.9. The van der Waals surface area contributed by atoms with Gasteiger partial charge in [0.05, 0.1) is 0 Å². The molecule has 0 saturated carbocycles. The van der Waals surface area contributed by atoms with Gasteiger partial charge in [-0.25, -0.2) is 0 Å². The normalized spacial score (nSPS) is 12.2. The molecule has 0 aliphatic carbocycles. The molecule has 0 aromatic heterocycles. The van der Waals surface area contributed by atoms with Gasteiger partial charge in [-0.05, 0) is 65.8 Å². The zero-order valence-electron chi connectivity index (χ0n) is 20.7. The maximum atomic E-state index is 6.06. The van der Waals surface area contributed by atoms with Gasteiger partial charge < -0.3 is 31.3 Å². The van der Waals surface area contributed by atoms with Crippen LogP contribution in [0.2, 0.25) is 0 Å². The summed E-state index contributed by atoms with van der Waals surface area (Å²) >= 11 is 0. The van der Waals surface area contributed by atoms with Crippen molar-refractivity contribution < 1.29 is 31.3 Å². The van der Waals surface area contributed by atoms with Gasteiger partial charge in [0.1, 0.15) is 11.5 Å². The molecular formula is C24H38O7Si2. The van der Waals surface area contributed by atoms with Crippen LogP contribution in [0, 0.1) is 0 Å². The Morgan fingerprint density at radius 1 is 0.424 bits per heavy atom. The minimum Gasteiger partial charge on any atom is -0.457 e. The molecule has 0 spiro atoms. The van der Waals surface area contributed by atoms with E-state index in [0.717, 1.165) is 10.4 Å². The fourth-order valence-electron chi connectivity index (χ4n) is 3.48. The van der Waals surface area contributed by atoms with E-state index in [1.165, 1.54) is 0 Å². The van der Waals surface area contributed by atoms with E-state index in [2.05, 4.69) is 0 Å². The van der Waals surface area contributed by atoms with Crippen molar-refractivity contribution in [3.63, 3.8) is 0 Å². The van der Waals surface area contributed by atoms with E-state index in [-0.39, 0.29) is 0 Å². The van der Waals surface area contributed by atoms with Crippen LogP contribution in [0.5, 0.6) is 11.5 Å². The molecule has 0 aliphatic heterocycles. The monoisotopic (exact) mass is 494 g/mol. The zero-order chi connectivity index (χ0) is 24.2. The molecule has 0 radical (unpaired) electrons. The van der Waals surface area contributed by atoms with Crippen molar-refractivity contribution in [1.29, 1.82) is 0 Å². The highest BCUT2D eigenvalue weighted by Gasteiger charge is 2.44. The van der Waals surface area contributed by atoms with E-state index in [1.54, 1.807) is 0 Å². The fourth-order valence-corrected chi connectivity index (χ4v) is 8.41. The summed E-state index contributed by atoms with van der Waals surface area (Å²) in [4.78, 5) is 0. The lowest BCUT2D eigenvalue weighted by atomic mass is 10.3. The van der Waals surface area contributed by atoms with Crippen LogP contribution in [-0.2, 0) is 26.6 Å². The van der Waals surface area contributed by atoms with E-state index >= 15 is 0 Å². The van der Waals surface area contributed by atoms with Gasteiger partial charge in [-0.15, -0.1) is 0 Å². The van der Waals surface area contributed by atoms with Gasteiger partial charge in [-0.3, -0.25) is 0 Å². The van der Waals surface area contributed by atoms with E-state index < -0.39 is 17.6 Å². The Morgan fingerprint density at radius 3 is 0.879 bits per heavy atom. The minimum atomic E-state index is -2.93. The van der Waals surface area contributed by atoms with Crippen molar-refractivity contribution in [3.8, 4) is 11.5 Å². The Hall–Kier alpha value is -1.57. The SMILES string of the molecule is CCO[Si](OCC)(OCC)c1ccc(Oc2ccc([Si](OCC)(OCC)OCC)cc2)cc1. The maximum absolute atomic E-state index is 6.06. The molecule has 0 fully saturated rings. The van der Waals surface area contributed by atoms with E-state index in [1.807, 2.05) is 90.1 Å². The Labute approximate surface area is 200 Å². The number of ether oxygens (including phenoxy) is 1. The first-order valence-electron chi connectivity index (χ1n) is 11.8. The summed E-state index contributed by atoms with van der Waals surface area (Å²) in [6.45, 7) is 14.8. The van der Waals surface area contributed by atoms with E-state index in [0.29, 0.717) is 51.1 Å². The number of hydrogen-bond acceptors (Lipinski definition) is 7. The minimum absolute atomic E-state index is 0.521. The first-order valence-corrected chi connectivity index (χ1v) is 15.2. The van der Waals surface area contributed by atoms with Crippen molar-refractivity contribution in [3.05, 3.63) is 48.5 Å². The van der Waals surface area contributed by atoms with E-state index in [4.69, 9.17) is 31.3 Å². The topological polar surface area (TPSA) is 64.6 Å². The lowest BCUT2D eigenvalue weighted by Gasteiger charge is -2.28. The van der Waals surface area contributed by atoms with Gasteiger partial charge in [0.15, 0.2) is 0 Å². The van der Waals surface area contributed by atoms with Crippen LogP contribution >= 0.6 is 0 Å². The van der Waals surface area contributed by atoms with Crippen LogP contribution in [0.4, 0.5) is 0 Å². The van der Waals surface area contributed by atoms with Crippen LogP contribution in [0.15, 0.2) is 48.5 Å². The van der Waals surface area contributed by atoms with Crippen LogP contribution in [0.25, 0.3) is 0 Å². The van der Waals surface area contributed by atoms with Crippen LogP contribution in [0.3, 0.4) is 0 Å². The van der Waals surface area contributed by atoms with Crippen molar-refractivity contribution in [2.45, 2.75) is 41.5 Å². The van der Waals surface area contributed by atoms with Gasteiger partial charge in [-0.1, -0.05) is 24.3 Å². The van der Waals surface area contributed by atoms with Gasteiger partial charge in [-0.2, -0.15) is 0 Å². The molecule has 7 nitrogen and oxygen atoms in total. The predicted octanol–water partition coefficient (Wildman–Crippen LogP) is 3.99. The Kier molecular flexibility index (Phi) is 11.7. The maximum Gasteiger partial charge on any atom is 0.537 e. The van der Waals surface area contributed by atoms with Gasteiger partial charge >= 0.3 is 17.6 Å². The highest BCUT2D eigenvalue weighted by Crippen LogP contribution is 2.22. The summed E-state index contributed by atoms with van der Waals surface area (Å²) in [6, 6.07) is 15.4. The van der Waals surface area contributed by atoms with Crippen molar-refractivity contribution >= 4 is 28.0 Å². The first kappa shape index (κ1) is 27.7. The number of rotatable bonds is 16. The second kappa shape index (κ2) is 14.0. The average molecular weight is 495 g/mol. The molecule has 2 aromatic carbocycles. The summed E-state index contributed by atoms with van der Waals surface area (Å²) in [5, 5.41) is 1.83. The smallest absolute Gasteiger partial charge is 0.457 e. The lowest BCUT2D eigenvalue weighted by Crippen LogP contribution is -2.56. The highest BCUT2D eigenvalue weighted by molar-refractivity contribution is 6.75. The molecule has 33 heavy (non-hydrogen) atoms. The first-order chi connectivity index (χ1) is 16.0. The molecule has 0 saturated heterocycles. The Morgan fingerprint density at radius 2 is 0.667 bits per heavy atom. The third-order valence-electron chi connectivity index (χ3n) is 4.66. The molecule has 2 aromatic rings. The quantitative estimate of drug-likeness (QED) is 0.327. The zero-order valence-corrected chi connectivity index (χ0v) is 22.7. The summed E-state index contributed by atoms with van der Waals surface area (Å²) in [5.41, 5.74) is 0. The van der Waals surface area contributed by atoms with E-state index in [9.17, 15) is 0 Å². The third-order valence-corrected chi connectivity index (χ3v) is 10.8. The van der Waals surface area contributed by atoms with Gasteiger partial charge in [0.2, 0.25) is 0 Å². The third kappa shape index (κ3) is 7.21. The van der Waals surface area contributed by atoms with Crippen molar-refractivity contribution in [1.82, 2.24) is 0 Å². The standard InChI is InChI=1S/C24H38O7Si2/c1-7-25-32(26-8-2,27-9-3)23-17-13-21(14-18-23)31-22-15-19-24(20-16-22)33(28-10-4,29-11-5)30-12-6/h13-20H,7-12H2,1-6H3. The van der Waals surface area contributed by atoms with Crippen LogP contribution < -0.4 is 15.1 Å². The second-order valence-electron chi connectivity index (χ2n) is 6.86. The van der Waals surface area contributed by atoms with Gasteiger partial charge in [0, 0.05) is 50.0 Å². The molecule has 184 valence electrons. The fraction of sp³-hybridized carbons (Fsp3) is 0.500. The Balaban J connectivity index is 2.21. The molecular weight excluding hydrogens is 456 g/mol. The van der Waals surface area contributed by atoms with Crippen molar-refractivity contribution in [2.75, 3.05) is 39.6 Å². The van der Waals surface area contributed by atoms with Gasteiger partial charge in [0.25, 0.3) is 0 Å². The number of benzene rings is 2. The number of hydrogen-bond donors (Lipinski definition) is 0. The van der Waals surface area contributed by atoms with Crippen LogP contribution in [-0.4, -0.2) is 57.3 Å². The molecule has 0 N–H and O–H groups in total. The molecule has 9 heteroatoms.